The Hall–Kier alpha value is -1.78. The van der Waals surface area contributed by atoms with Gasteiger partial charge in [-0.3, -0.25) is 0 Å². The van der Waals surface area contributed by atoms with Crippen molar-refractivity contribution in [3.63, 3.8) is 0 Å². The third-order valence-corrected chi connectivity index (χ3v) is 2.19. The van der Waals surface area contributed by atoms with Gasteiger partial charge in [0.1, 0.15) is 17.7 Å². The standard InChI is InChI=1S/C11H10F3NO3/c12-6-2-1-3-8(18-11(13)14)9(6)10(17)7(16)4-5-15/h1-3,7,10-11,16-17H,4H2. The molecule has 0 saturated heterocycles. The molecule has 4 nitrogen and oxygen atoms in total. The Morgan fingerprint density at radius 2 is 2.00 bits per heavy atom. The lowest BCUT2D eigenvalue weighted by Crippen LogP contribution is -2.20. The molecule has 1 rings (SSSR count). The molecular weight excluding hydrogens is 251 g/mol. The van der Waals surface area contributed by atoms with Crippen molar-refractivity contribution < 1.29 is 28.1 Å². The summed E-state index contributed by atoms with van der Waals surface area (Å²) < 4.78 is 41.7. The maximum Gasteiger partial charge on any atom is 0.387 e. The number of nitriles is 1. The van der Waals surface area contributed by atoms with Gasteiger partial charge in [-0.2, -0.15) is 14.0 Å². The van der Waals surface area contributed by atoms with Crippen molar-refractivity contribution in [1.82, 2.24) is 0 Å². The molecule has 98 valence electrons. The third kappa shape index (κ3) is 3.35. The lowest BCUT2D eigenvalue weighted by molar-refractivity contribution is -0.0542. The molecule has 18 heavy (non-hydrogen) atoms. The SMILES string of the molecule is N#CCC(O)C(O)c1c(F)cccc1OC(F)F. The topological polar surface area (TPSA) is 73.5 Å². The number of alkyl halides is 2. The van der Waals surface area contributed by atoms with E-state index in [1.54, 1.807) is 6.07 Å². The summed E-state index contributed by atoms with van der Waals surface area (Å²) in [5, 5.41) is 27.4. The molecular formula is C11H10F3NO3. The zero-order chi connectivity index (χ0) is 13.7. The fourth-order valence-electron chi connectivity index (χ4n) is 1.40. The minimum atomic E-state index is -3.19. The van der Waals surface area contributed by atoms with Gasteiger partial charge in [0, 0.05) is 0 Å². The Morgan fingerprint density at radius 3 is 2.56 bits per heavy atom. The lowest BCUT2D eigenvalue weighted by atomic mass is 10.0. The van der Waals surface area contributed by atoms with Gasteiger partial charge >= 0.3 is 6.61 Å². The second-order valence-corrected chi connectivity index (χ2v) is 3.40. The first-order chi connectivity index (χ1) is 8.47. The van der Waals surface area contributed by atoms with Crippen molar-refractivity contribution in [2.45, 2.75) is 25.2 Å². The van der Waals surface area contributed by atoms with Crippen LogP contribution in [0.4, 0.5) is 13.2 Å². The van der Waals surface area contributed by atoms with Gasteiger partial charge in [0.2, 0.25) is 0 Å². The molecule has 0 saturated carbocycles. The van der Waals surface area contributed by atoms with Gasteiger partial charge in [0.25, 0.3) is 0 Å². The fraction of sp³-hybridized carbons (Fsp3) is 0.364. The summed E-state index contributed by atoms with van der Waals surface area (Å²) in [6.07, 6.45) is -3.88. The second kappa shape index (κ2) is 6.23. The first kappa shape index (κ1) is 14.3. The average molecular weight is 261 g/mol. The molecule has 1 aromatic rings. The Bertz CT molecular complexity index is 448. The van der Waals surface area contributed by atoms with Crippen LogP contribution >= 0.6 is 0 Å². The number of nitrogens with zero attached hydrogens (tertiary/aromatic N) is 1. The van der Waals surface area contributed by atoms with Crippen molar-refractivity contribution in [1.29, 1.82) is 5.26 Å². The average Bonchev–Trinajstić information content (AvgIpc) is 2.28. The van der Waals surface area contributed by atoms with E-state index < -0.39 is 42.4 Å². The molecule has 2 unspecified atom stereocenters. The summed E-state index contributed by atoms with van der Waals surface area (Å²) in [7, 11) is 0. The highest BCUT2D eigenvalue weighted by Crippen LogP contribution is 2.31. The first-order valence-electron chi connectivity index (χ1n) is 4.93. The molecule has 0 heterocycles. The van der Waals surface area contributed by atoms with E-state index in [0.29, 0.717) is 0 Å². The van der Waals surface area contributed by atoms with Gasteiger partial charge in [-0.05, 0) is 12.1 Å². The van der Waals surface area contributed by atoms with Crippen molar-refractivity contribution in [3.05, 3.63) is 29.6 Å². The van der Waals surface area contributed by atoms with Gasteiger partial charge in [-0.15, -0.1) is 0 Å². The predicted molar refractivity (Wildman–Crippen MR) is 54.2 cm³/mol. The third-order valence-electron chi connectivity index (χ3n) is 2.19. The molecule has 0 aliphatic heterocycles. The number of hydrogen-bond acceptors (Lipinski definition) is 4. The van der Waals surface area contributed by atoms with Gasteiger partial charge in [0.05, 0.1) is 24.2 Å². The Morgan fingerprint density at radius 1 is 1.33 bits per heavy atom. The van der Waals surface area contributed by atoms with Gasteiger partial charge in [-0.25, -0.2) is 4.39 Å². The summed E-state index contributed by atoms with van der Waals surface area (Å²) >= 11 is 0. The summed E-state index contributed by atoms with van der Waals surface area (Å²) in [6, 6.07) is 4.66. The van der Waals surface area contributed by atoms with Crippen molar-refractivity contribution in [2.75, 3.05) is 0 Å². The van der Waals surface area contributed by atoms with Crippen LogP contribution in [0, 0.1) is 17.1 Å². The molecule has 0 spiro atoms. The van der Waals surface area contributed by atoms with E-state index >= 15 is 0 Å². The number of aliphatic hydroxyl groups excluding tert-OH is 2. The fourth-order valence-corrected chi connectivity index (χ4v) is 1.40. The molecule has 1 aromatic carbocycles. The summed E-state index contributed by atoms with van der Waals surface area (Å²) in [5.74, 6) is -1.58. The number of benzene rings is 1. The predicted octanol–water partition coefficient (Wildman–Crippen LogP) is 1.74. The maximum atomic E-state index is 13.5. The van der Waals surface area contributed by atoms with E-state index in [-0.39, 0.29) is 0 Å². The molecule has 0 radical (unpaired) electrons. The van der Waals surface area contributed by atoms with Crippen LogP contribution in [0.15, 0.2) is 18.2 Å². The molecule has 0 amide bonds. The zero-order valence-electron chi connectivity index (χ0n) is 9.05. The van der Waals surface area contributed by atoms with Crippen LogP contribution in [0.3, 0.4) is 0 Å². The van der Waals surface area contributed by atoms with Crippen molar-refractivity contribution in [2.24, 2.45) is 0 Å². The first-order valence-corrected chi connectivity index (χ1v) is 4.93. The monoisotopic (exact) mass is 261 g/mol. The molecule has 7 heteroatoms. The summed E-state index contributed by atoms with van der Waals surface area (Å²) in [4.78, 5) is 0. The highest BCUT2D eigenvalue weighted by molar-refractivity contribution is 5.37. The minimum Gasteiger partial charge on any atom is -0.434 e. The van der Waals surface area contributed by atoms with Crippen LogP contribution in [-0.2, 0) is 0 Å². The Balaban J connectivity index is 3.09. The normalized spacial score (nSPS) is 14.1. The summed E-state index contributed by atoms with van der Waals surface area (Å²) in [5.41, 5.74) is -0.597. The highest BCUT2D eigenvalue weighted by Gasteiger charge is 2.26. The molecule has 0 aliphatic carbocycles. The highest BCUT2D eigenvalue weighted by atomic mass is 19.3. The van der Waals surface area contributed by atoms with Crippen LogP contribution in [0.5, 0.6) is 5.75 Å². The Kier molecular flexibility index (Phi) is 4.95. The van der Waals surface area contributed by atoms with Crippen LogP contribution in [-0.4, -0.2) is 22.9 Å². The summed E-state index contributed by atoms with van der Waals surface area (Å²) in [6.45, 7) is -3.19. The minimum absolute atomic E-state index is 0.469. The molecule has 2 N–H and O–H groups in total. The van der Waals surface area contributed by atoms with E-state index in [1.807, 2.05) is 0 Å². The van der Waals surface area contributed by atoms with Crippen LogP contribution < -0.4 is 4.74 Å². The van der Waals surface area contributed by atoms with Crippen LogP contribution in [0.25, 0.3) is 0 Å². The number of hydrogen-bond donors (Lipinski definition) is 2. The molecule has 0 aliphatic rings. The van der Waals surface area contributed by atoms with Gasteiger partial charge in [0.15, 0.2) is 0 Å². The van der Waals surface area contributed by atoms with E-state index in [2.05, 4.69) is 4.74 Å². The maximum absolute atomic E-state index is 13.5. The second-order valence-electron chi connectivity index (χ2n) is 3.40. The molecule has 0 fully saturated rings. The smallest absolute Gasteiger partial charge is 0.387 e. The Labute approximate surface area is 101 Å². The van der Waals surface area contributed by atoms with Gasteiger partial charge in [-0.1, -0.05) is 6.07 Å². The van der Waals surface area contributed by atoms with Crippen molar-refractivity contribution >= 4 is 0 Å². The zero-order valence-corrected chi connectivity index (χ0v) is 9.05. The van der Waals surface area contributed by atoms with Crippen molar-refractivity contribution in [3.8, 4) is 11.8 Å². The van der Waals surface area contributed by atoms with E-state index in [1.165, 1.54) is 0 Å². The molecule has 0 bridgehead atoms. The van der Waals surface area contributed by atoms with Crippen LogP contribution in [0.2, 0.25) is 0 Å². The van der Waals surface area contributed by atoms with E-state index in [9.17, 15) is 23.4 Å². The lowest BCUT2D eigenvalue weighted by Gasteiger charge is -2.19. The van der Waals surface area contributed by atoms with E-state index in [4.69, 9.17) is 5.26 Å². The quantitative estimate of drug-likeness (QED) is 0.846. The number of ether oxygens (including phenoxy) is 1. The number of halogens is 3. The number of rotatable bonds is 5. The largest absolute Gasteiger partial charge is 0.434 e. The van der Waals surface area contributed by atoms with Gasteiger partial charge < -0.3 is 14.9 Å². The van der Waals surface area contributed by atoms with Crippen LogP contribution in [0.1, 0.15) is 18.1 Å². The number of aliphatic hydroxyl groups is 2. The molecule has 2 atom stereocenters. The van der Waals surface area contributed by atoms with E-state index in [0.717, 1.165) is 18.2 Å². The molecule has 0 aromatic heterocycles.